The molecular weight excluding hydrogens is 491 g/mol. The fraction of sp³-hybridized carbons (Fsp3) is 0.167. The second-order valence-electron chi connectivity index (χ2n) is 11.6. The van der Waals surface area contributed by atoms with Gasteiger partial charge in [0.25, 0.3) is 0 Å². The molecule has 1 aromatic heterocycles. The Morgan fingerprint density at radius 1 is 0.475 bits per heavy atom. The van der Waals surface area contributed by atoms with Crippen LogP contribution in [0, 0.1) is 0 Å². The smallest absolute Gasteiger partial charge is 0.456 e. The number of furan rings is 1. The summed E-state index contributed by atoms with van der Waals surface area (Å²) < 4.78 is 19.3. The van der Waals surface area contributed by atoms with Crippen molar-refractivity contribution in [1.29, 1.82) is 0 Å². The zero-order valence-electron chi connectivity index (χ0n) is 23.3. The van der Waals surface area contributed by atoms with Crippen LogP contribution in [0.1, 0.15) is 27.7 Å². The summed E-state index contributed by atoms with van der Waals surface area (Å²) in [5.41, 5.74) is 8.90. The molecule has 6 aromatic rings. The van der Waals surface area contributed by atoms with E-state index in [9.17, 15) is 0 Å². The van der Waals surface area contributed by atoms with Gasteiger partial charge in [0.05, 0.1) is 11.2 Å². The van der Waals surface area contributed by atoms with E-state index in [4.69, 9.17) is 13.7 Å². The molecule has 0 saturated carbocycles. The Hall–Kier alpha value is -4.12. The van der Waals surface area contributed by atoms with Crippen LogP contribution >= 0.6 is 0 Å². The van der Waals surface area contributed by atoms with Crippen molar-refractivity contribution in [1.82, 2.24) is 0 Å². The highest BCUT2D eigenvalue weighted by Gasteiger charge is 2.52. The molecule has 0 spiro atoms. The van der Waals surface area contributed by atoms with E-state index in [1.165, 1.54) is 22.3 Å². The van der Waals surface area contributed by atoms with Crippen molar-refractivity contribution in [2.24, 2.45) is 0 Å². The van der Waals surface area contributed by atoms with Crippen LogP contribution in [0.2, 0.25) is 0 Å². The predicted octanol–water partition coefficient (Wildman–Crippen LogP) is 8.89. The van der Waals surface area contributed by atoms with Gasteiger partial charge >= 0.3 is 7.12 Å². The Kier molecular flexibility index (Phi) is 5.74. The predicted molar refractivity (Wildman–Crippen MR) is 166 cm³/mol. The molecule has 1 fully saturated rings. The highest BCUT2D eigenvalue weighted by Crippen LogP contribution is 2.40. The van der Waals surface area contributed by atoms with Crippen molar-refractivity contribution < 1.29 is 13.7 Å². The largest absolute Gasteiger partial charge is 0.495 e. The molecule has 0 aliphatic carbocycles. The van der Waals surface area contributed by atoms with Gasteiger partial charge in [-0.25, -0.2) is 0 Å². The maximum atomic E-state index is 6.48. The van der Waals surface area contributed by atoms with Crippen LogP contribution in [0.5, 0.6) is 0 Å². The Morgan fingerprint density at radius 3 is 1.70 bits per heavy atom. The van der Waals surface area contributed by atoms with Gasteiger partial charge in [-0.05, 0) is 84.7 Å². The van der Waals surface area contributed by atoms with Gasteiger partial charge in [-0.3, -0.25) is 0 Å². The van der Waals surface area contributed by atoms with E-state index in [-0.39, 0.29) is 0 Å². The molecule has 5 aromatic carbocycles. The Bertz CT molecular complexity index is 1830. The van der Waals surface area contributed by atoms with E-state index in [1.807, 2.05) is 24.3 Å². The molecule has 7 rings (SSSR count). The van der Waals surface area contributed by atoms with Crippen LogP contribution in [-0.4, -0.2) is 18.3 Å². The van der Waals surface area contributed by atoms with Gasteiger partial charge in [0.1, 0.15) is 11.2 Å². The topological polar surface area (TPSA) is 31.6 Å². The maximum Gasteiger partial charge on any atom is 0.495 e. The summed E-state index contributed by atoms with van der Waals surface area (Å²) >= 11 is 0. The molecule has 196 valence electrons. The van der Waals surface area contributed by atoms with Crippen LogP contribution in [0.3, 0.4) is 0 Å². The number of hydrogen-bond donors (Lipinski definition) is 0. The number of rotatable bonds is 4. The molecule has 4 heteroatoms. The van der Waals surface area contributed by atoms with Crippen LogP contribution in [0.4, 0.5) is 0 Å². The first-order valence-electron chi connectivity index (χ1n) is 13.9. The molecule has 1 saturated heterocycles. The minimum absolute atomic E-state index is 0.424. The highest BCUT2D eigenvalue weighted by molar-refractivity contribution is 6.66. The molecule has 1 aliphatic heterocycles. The molecule has 40 heavy (non-hydrogen) atoms. The second-order valence-corrected chi connectivity index (χ2v) is 11.6. The van der Waals surface area contributed by atoms with Gasteiger partial charge in [-0.1, -0.05) is 97.1 Å². The lowest BCUT2D eigenvalue weighted by atomic mass is 9.76. The third kappa shape index (κ3) is 4.07. The quantitative estimate of drug-likeness (QED) is 0.217. The first-order valence-corrected chi connectivity index (χ1v) is 13.9. The van der Waals surface area contributed by atoms with E-state index in [1.54, 1.807) is 0 Å². The molecule has 0 unspecified atom stereocenters. The molecule has 0 bridgehead atoms. The van der Waals surface area contributed by atoms with E-state index in [2.05, 4.69) is 119 Å². The first kappa shape index (κ1) is 24.9. The van der Waals surface area contributed by atoms with E-state index >= 15 is 0 Å². The van der Waals surface area contributed by atoms with Gasteiger partial charge in [0.15, 0.2) is 0 Å². The van der Waals surface area contributed by atoms with E-state index < -0.39 is 18.3 Å². The second kappa shape index (κ2) is 9.23. The van der Waals surface area contributed by atoms with Crippen molar-refractivity contribution >= 4 is 34.5 Å². The monoisotopic (exact) mass is 522 g/mol. The third-order valence-electron chi connectivity index (χ3n) is 8.56. The Balaban J connectivity index is 1.33. The highest BCUT2D eigenvalue weighted by atomic mass is 16.7. The Labute approximate surface area is 235 Å². The van der Waals surface area contributed by atoms with Gasteiger partial charge < -0.3 is 13.7 Å². The molecule has 1 aliphatic rings. The van der Waals surface area contributed by atoms with Crippen molar-refractivity contribution in [2.45, 2.75) is 38.9 Å². The van der Waals surface area contributed by atoms with Crippen LogP contribution in [0.15, 0.2) is 120 Å². The van der Waals surface area contributed by atoms with Gasteiger partial charge in [-0.15, -0.1) is 0 Å². The normalized spacial score (nSPS) is 16.1. The molecule has 0 N–H and O–H groups in total. The SMILES string of the molecule is CC1(C)OB(c2cccc3oc4cccc(-c5cccc(-c6ccc(-c7ccccc7)cc6)c5)c4c23)OC1(C)C. The van der Waals surface area contributed by atoms with Crippen molar-refractivity contribution in [2.75, 3.05) is 0 Å². The summed E-state index contributed by atoms with van der Waals surface area (Å²) in [6, 6.07) is 40.4. The van der Waals surface area contributed by atoms with E-state index in [0.29, 0.717) is 0 Å². The van der Waals surface area contributed by atoms with Gasteiger partial charge in [0.2, 0.25) is 0 Å². The minimum atomic E-state index is -0.475. The average Bonchev–Trinajstić information content (AvgIpc) is 3.46. The molecule has 0 radical (unpaired) electrons. The standard InChI is InChI=1S/C36H31BO3/c1-35(2)36(3,4)40-37(39-35)30-16-10-18-32-34(30)33-29(15-9-17-31(33)38-32)28-14-8-13-27(23-28)26-21-19-25(20-22-26)24-11-6-5-7-12-24/h5-23H,1-4H3. The summed E-state index contributed by atoms with van der Waals surface area (Å²) in [6.45, 7) is 8.35. The molecular formula is C36H31BO3. The molecule has 3 nitrogen and oxygen atoms in total. The lowest BCUT2D eigenvalue weighted by Gasteiger charge is -2.32. The van der Waals surface area contributed by atoms with Gasteiger partial charge in [0, 0.05) is 10.8 Å². The summed E-state index contributed by atoms with van der Waals surface area (Å²) in [6.07, 6.45) is 0. The van der Waals surface area contributed by atoms with Crippen molar-refractivity contribution in [3.8, 4) is 33.4 Å². The zero-order chi connectivity index (χ0) is 27.5. The third-order valence-corrected chi connectivity index (χ3v) is 8.56. The molecule has 2 heterocycles. The van der Waals surface area contributed by atoms with E-state index in [0.717, 1.165) is 38.5 Å². The van der Waals surface area contributed by atoms with Crippen LogP contribution < -0.4 is 5.46 Å². The summed E-state index contributed by atoms with van der Waals surface area (Å²) in [4.78, 5) is 0. The summed E-state index contributed by atoms with van der Waals surface area (Å²) in [5, 5.41) is 2.13. The van der Waals surface area contributed by atoms with Crippen LogP contribution in [0.25, 0.3) is 55.3 Å². The fourth-order valence-electron chi connectivity index (χ4n) is 5.65. The number of fused-ring (bicyclic) bond motifs is 3. The first-order chi connectivity index (χ1) is 19.3. The number of hydrogen-bond acceptors (Lipinski definition) is 3. The van der Waals surface area contributed by atoms with Crippen molar-refractivity contribution in [3.63, 3.8) is 0 Å². The average molecular weight is 522 g/mol. The summed E-state index contributed by atoms with van der Waals surface area (Å²) in [5.74, 6) is 0. The van der Waals surface area contributed by atoms with Gasteiger partial charge in [-0.2, -0.15) is 0 Å². The number of benzene rings is 5. The Morgan fingerprint density at radius 2 is 1.00 bits per heavy atom. The molecule has 0 atom stereocenters. The summed E-state index contributed by atoms with van der Waals surface area (Å²) in [7, 11) is -0.475. The zero-order valence-corrected chi connectivity index (χ0v) is 23.3. The lowest BCUT2D eigenvalue weighted by molar-refractivity contribution is 0.00578. The van der Waals surface area contributed by atoms with Crippen LogP contribution in [-0.2, 0) is 9.31 Å². The maximum absolute atomic E-state index is 6.48. The fourth-order valence-corrected chi connectivity index (χ4v) is 5.65. The minimum Gasteiger partial charge on any atom is -0.456 e. The lowest BCUT2D eigenvalue weighted by Crippen LogP contribution is -2.41. The van der Waals surface area contributed by atoms with Crippen molar-refractivity contribution in [3.05, 3.63) is 115 Å². The molecule has 0 amide bonds.